The van der Waals surface area contributed by atoms with Crippen LogP contribution >= 0.6 is 11.3 Å². The van der Waals surface area contributed by atoms with Gasteiger partial charge in [-0.1, -0.05) is 0 Å². The standard InChI is InChI=1S/C19H15N5O6S3/c20-15-5-6-16(18-14(15)9-13(10-17(18)25)33(28,29)30)23-22-11-1-3-12(4-2-11)32(26,27)24-19-21-7-8-31-19/h1-10,25H,20H2,(H,21,24)(H,28,29,30). The Morgan fingerprint density at radius 2 is 1.70 bits per heavy atom. The molecule has 0 bridgehead atoms. The van der Waals surface area contributed by atoms with Crippen molar-refractivity contribution >= 4 is 64.4 Å². The van der Waals surface area contributed by atoms with Crippen LogP contribution in [0.3, 0.4) is 0 Å². The van der Waals surface area contributed by atoms with Gasteiger partial charge in [0.05, 0.1) is 26.6 Å². The molecule has 4 rings (SSSR count). The lowest BCUT2D eigenvalue weighted by Crippen LogP contribution is -2.12. The second kappa shape index (κ2) is 8.40. The van der Waals surface area contributed by atoms with Crippen LogP contribution in [0.5, 0.6) is 5.75 Å². The number of hydrogen-bond donors (Lipinski definition) is 4. The Morgan fingerprint density at radius 3 is 2.33 bits per heavy atom. The molecule has 3 aromatic carbocycles. The summed E-state index contributed by atoms with van der Waals surface area (Å²) in [7, 11) is -8.37. The Balaban J connectivity index is 1.65. The van der Waals surface area contributed by atoms with Crippen LogP contribution in [0.15, 0.2) is 80.1 Å². The Kier molecular flexibility index (Phi) is 5.75. The van der Waals surface area contributed by atoms with E-state index in [1.54, 1.807) is 5.38 Å². The van der Waals surface area contributed by atoms with Crippen molar-refractivity contribution in [3.8, 4) is 5.75 Å². The molecule has 11 nitrogen and oxygen atoms in total. The molecule has 0 spiro atoms. The molecule has 0 aliphatic heterocycles. The molecule has 0 fully saturated rings. The van der Waals surface area contributed by atoms with Gasteiger partial charge in [-0.25, -0.2) is 13.4 Å². The highest BCUT2D eigenvalue weighted by Crippen LogP contribution is 2.39. The Bertz CT molecular complexity index is 1580. The number of nitrogens with one attached hydrogen (secondary N) is 1. The van der Waals surface area contributed by atoms with Crippen LogP contribution in [0, 0.1) is 0 Å². The molecule has 0 saturated carbocycles. The fourth-order valence-electron chi connectivity index (χ4n) is 2.92. The minimum atomic E-state index is -4.56. The van der Waals surface area contributed by atoms with E-state index in [0.717, 1.165) is 23.5 Å². The molecule has 0 unspecified atom stereocenters. The smallest absolute Gasteiger partial charge is 0.294 e. The van der Waals surface area contributed by atoms with Crippen molar-refractivity contribution in [3.63, 3.8) is 0 Å². The minimum absolute atomic E-state index is 0.00460. The number of nitrogens with two attached hydrogens (primary N) is 1. The van der Waals surface area contributed by atoms with Crippen molar-refractivity contribution < 1.29 is 26.5 Å². The summed E-state index contributed by atoms with van der Waals surface area (Å²) < 4.78 is 59.3. The molecule has 0 saturated heterocycles. The number of rotatable bonds is 6. The summed E-state index contributed by atoms with van der Waals surface area (Å²) in [6.45, 7) is 0. The zero-order chi connectivity index (χ0) is 23.8. The maximum atomic E-state index is 12.4. The van der Waals surface area contributed by atoms with E-state index in [1.165, 1.54) is 42.6 Å². The second-order valence-corrected chi connectivity index (χ2v) is 10.6. The Morgan fingerprint density at radius 1 is 0.970 bits per heavy atom. The van der Waals surface area contributed by atoms with Crippen molar-refractivity contribution in [2.45, 2.75) is 9.79 Å². The first-order chi connectivity index (χ1) is 15.5. The summed E-state index contributed by atoms with van der Waals surface area (Å²) >= 11 is 1.15. The topological polar surface area (TPSA) is 184 Å². The molecule has 0 aliphatic carbocycles. The van der Waals surface area contributed by atoms with Crippen LogP contribution in [0.25, 0.3) is 10.8 Å². The van der Waals surface area contributed by atoms with Crippen LogP contribution in [0.1, 0.15) is 0 Å². The predicted octanol–water partition coefficient (Wildman–Crippen LogP) is 4.05. The van der Waals surface area contributed by atoms with Crippen molar-refractivity contribution in [2.75, 3.05) is 10.5 Å². The monoisotopic (exact) mass is 505 g/mol. The number of fused-ring (bicyclic) bond motifs is 1. The summed E-state index contributed by atoms with van der Waals surface area (Å²) in [6.07, 6.45) is 1.48. The average molecular weight is 506 g/mol. The zero-order valence-electron chi connectivity index (χ0n) is 16.4. The van der Waals surface area contributed by atoms with Crippen molar-refractivity contribution in [1.82, 2.24) is 4.98 Å². The van der Waals surface area contributed by atoms with E-state index in [0.29, 0.717) is 5.69 Å². The number of anilines is 2. The highest BCUT2D eigenvalue weighted by atomic mass is 32.2. The quantitative estimate of drug-likeness (QED) is 0.172. The lowest BCUT2D eigenvalue weighted by atomic mass is 10.1. The number of aromatic nitrogens is 1. The van der Waals surface area contributed by atoms with E-state index < -0.39 is 30.8 Å². The van der Waals surface area contributed by atoms with E-state index >= 15 is 0 Å². The molecular formula is C19H15N5O6S3. The summed E-state index contributed by atoms with van der Waals surface area (Å²) in [5, 5.41) is 20.6. The third kappa shape index (κ3) is 4.78. The van der Waals surface area contributed by atoms with E-state index in [4.69, 9.17) is 5.73 Å². The highest BCUT2D eigenvalue weighted by molar-refractivity contribution is 7.93. The molecule has 0 amide bonds. The highest BCUT2D eigenvalue weighted by Gasteiger charge is 2.17. The number of benzene rings is 3. The lowest BCUT2D eigenvalue weighted by Gasteiger charge is -2.09. The number of azo groups is 1. The van der Waals surface area contributed by atoms with E-state index in [1.807, 2.05) is 0 Å². The number of thiazole rings is 1. The summed E-state index contributed by atoms with van der Waals surface area (Å²) in [6, 6.07) is 10.5. The van der Waals surface area contributed by atoms with Crippen LogP contribution in [-0.4, -0.2) is 31.5 Å². The fraction of sp³-hybridized carbons (Fsp3) is 0. The summed E-state index contributed by atoms with van der Waals surface area (Å²) in [5.74, 6) is -0.462. The number of phenolic OH excluding ortho intramolecular Hbond substituents is 1. The van der Waals surface area contributed by atoms with E-state index in [9.17, 15) is 26.5 Å². The SMILES string of the molecule is Nc1ccc(N=Nc2ccc(S(=O)(=O)Nc3nccs3)cc2)c2c(O)cc(S(=O)(=O)O)cc12. The molecule has 14 heteroatoms. The van der Waals surface area contributed by atoms with Gasteiger partial charge in [0.15, 0.2) is 5.13 Å². The number of nitrogen functional groups attached to an aromatic ring is 1. The molecule has 0 aliphatic rings. The largest absolute Gasteiger partial charge is 0.507 e. The van der Waals surface area contributed by atoms with Crippen molar-refractivity contribution in [2.24, 2.45) is 10.2 Å². The predicted molar refractivity (Wildman–Crippen MR) is 123 cm³/mol. The third-order valence-corrected chi connectivity index (χ3v) is 7.46. The number of nitrogens with zero attached hydrogens (tertiary/aromatic N) is 3. The maximum Gasteiger partial charge on any atom is 0.294 e. The minimum Gasteiger partial charge on any atom is -0.507 e. The first-order valence-corrected chi connectivity index (χ1v) is 12.8. The maximum absolute atomic E-state index is 12.4. The van der Waals surface area contributed by atoms with Gasteiger partial charge in [0, 0.05) is 28.7 Å². The van der Waals surface area contributed by atoms with Gasteiger partial charge in [0.2, 0.25) is 0 Å². The van der Waals surface area contributed by atoms with Crippen molar-refractivity contribution in [3.05, 3.63) is 60.1 Å². The van der Waals surface area contributed by atoms with Crippen LogP contribution < -0.4 is 10.5 Å². The molecule has 0 radical (unpaired) electrons. The van der Waals surface area contributed by atoms with Gasteiger partial charge in [-0.2, -0.15) is 13.5 Å². The molecule has 4 aromatic rings. The van der Waals surface area contributed by atoms with Gasteiger partial charge < -0.3 is 10.8 Å². The van der Waals surface area contributed by atoms with E-state index in [-0.39, 0.29) is 32.2 Å². The van der Waals surface area contributed by atoms with Gasteiger partial charge in [-0.3, -0.25) is 9.27 Å². The lowest BCUT2D eigenvalue weighted by molar-refractivity contribution is 0.471. The third-order valence-electron chi connectivity index (χ3n) is 4.45. The van der Waals surface area contributed by atoms with Crippen LogP contribution in [-0.2, 0) is 20.1 Å². The average Bonchev–Trinajstić information content (AvgIpc) is 3.25. The molecule has 5 N–H and O–H groups in total. The van der Waals surface area contributed by atoms with Gasteiger partial charge in [0.1, 0.15) is 5.75 Å². The zero-order valence-corrected chi connectivity index (χ0v) is 18.9. The van der Waals surface area contributed by atoms with E-state index in [2.05, 4.69) is 19.9 Å². The Hall–Kier alpha value is -3.59. The summed E-state index contributed by atoms with van der Waals surface area (Å²) in [4.78, 5) is 3.37. The fourth-order valence-corrected chi connectivity index (χ4v) is 5.24. The van der Waals surface area contributed by atoms with Crippen LogP contribution in [0.4, 0.5) is 22.2 Å². The van der Waals surface area contributed by atoms with Crippen LogP contribution in [0.2, 0.25) is 0 Å². The molecule has 33 heavy (non-hydrogen) atoms. The number of sulfonamides is 1. The summed E-state index contributed by atoms with van der Waals surface area (Å²) in [5.41, 5.74) is 6.55. The van der Waals surface area contributed by atoms with Crippen molar-refractivity contribution in [1.29, 1.82) is 0 Å². The Labute approximate surface area is 192 Å². The number of hydrogen-bond acceptors (Lipinski definition) is 10. The van der Waals surface area contributed by atoms with Gasteiger partial charge in [0.25, 0.3) is 20.1 Å². The molecular weight excluding hydrogens is 490 g/mol. The molecule has 1 heterocycles. The number of aromatic hydroxyl groups is 1. The molecule has 170 valence electrons. The second-order valence-electron chi connectivity index (χ2n) is 6.65. The number of phenols is 1. The van der Waals surface area contributed by atoms with Gasteiger partial charge in [-0.15, -0.1) is 16.5 Å². The first kappa shape index (κ1) is 22.6. The first-order valence-electron chi connectivity index (χ1n) is 9.01. The normalized spacial score (nSPS) is 12.4. The molecule has 0 atom stereocenters. The van der Waals surface area contributed by atoms with Gasteiger partial charge >= 0.3 is 0 Å². The van der Waals surface area contributed by atoms with Gasteiger partial charge in [-0.05, 0) is 42.5 Å². The molecule has 1 aromatic heterocycles.